The topological polar surface area (TPSA) is 63.2 Å². The molecule has 23 heavy (non-hydrogen) atoms. The molecule has 1 aliphatic rings. The lowest BCUT2D eigenvalue weighted by Crippen LogP contribution is -2.27. The van der Waals surface area contributed by atoms with Crippen LogP contribution in [-0.2, 0) is 9.53 Å². The van der Waals surface area contributed by atoms with Crippen molar-refractivity contribution in [3.05, 3.63) is 47.7 Å². The van der Waals surface area contributed by atoms with Crippen molar-refractivity contribution in [3.8, 4) is 0 Å². The van der Waals surface area contributed by atoms with Crippen LogP contribution < -0.4 is 10.6 Å². The Morgan fingerprint density at radius 2 is 2.00 bits per heavy atom. The van der Waals surface area contributed by atoms with E-state index in [1.807, 2.05) is 12.1 Å². The molecule has 1 amide bonds. The number of carbonyl (C=O) groups is 1. The van der Waals surface area contributed by atoms with Gasteiger partial charge in [-0.25, -0.2) is 4.98 Å². The Kier molecular flexibility index (Phi) is 4.57. The van der Waals surface area contributed by atoms with Gasteiger partial charge in [0.05, 0.1) is 11.9 Å². The monoisotopic (exact) mass is 311 g/mol. The van der Waals surface area contributed by atoms with Crippen LogP contribution in [0.2, 0.25) is 0 Å². The van der Waals surface area contributed by atoms with Gasteiger partial charge in [0, 0.05) is 12.3 Å². The van der Waals surface area contributed by atoms with E-state index in [0.717, 1.165) is 24.2 Å². The molecule has 1 saturated heterocycles. The van der Waals surface area contributed by atoms with E-state index in [9.17, 15) is 4.79 Å². The number of para-hydroxylation sites is 1. The van der Waals surface area contributed by atoms with Gasteiger partial charge >= 0.3 is 0 Å². The number of rotatable bonds is 4. The molecule has 0 radical (unpaired) electrons. The summed E-state index contributed by atoms with van der Waals surface area (Å²) in [6.45, 7) is 4.79. The number of aromatic nitrogens is 1. The summed E-state index contributed by atoms with van der Waals surface area (Å²) in [5.41, 5.74) is 4.34. The van der Waals surface area contributed by atoms with Gasteiger partial charge in [0.25, 0.3) is 5.91 Å². The second-order valence-corrected chi connectivity index (χ2v) is 5.81. The molecule has 5 heteroatoms. The van der Waals surface area contributed by atoms with Gasteiger partial charge in [-0.2, -0.15) is 0 Å². The summed E-state index contributed by atoms with van der Waals surface area (Å²) < 4.78 is 5.36. The highest BCUT2D eigenvalue weighted by Crippen LogP contribution is 2.24. The standard InChI is InChI=1S/C18H21N3O2/c1-12-5-3-6-13(2)17(12)20-14-8-9-16(19-11-14)21-18(22)15-7-4-10-23-15/h3,5-6,8-9,11,15,20H,4,7,10H2,1-2H3,(H,19,21,22). The summed E-state index contributed by atoms with van der Waals surface area (Å²) in [7, 11) is 0. The van der Waals surface area contributed by atoms with Crippen molar-refractivity contribution in [2.24, 2.45) is 0 Å². The maximum Gasteiger partial charge on any atom is 0.254 e. The number of hydrogen-bond acceptors (Lipinski definition) is 4. The fraction of sp³-hybridized carbons (Fsp3) is 0.333. The number of benzene rings is 1. The van der Waals surface area contributed by atoms with E-state index >= 15 is 0 Å². The molecule has 1 aliphatic heterocycles. The lowest BCUT2D eigenvalue weighted by Gasteiger charge is -2.13. The Hall–Kier alpha value is -2.40. The summed E-state index contributed by atoms with van der Waals surface area (Å²) in [5.74, 6) is 0.419. The number of pyridine rings is 1. The number of hydrogen-bond donors (Lipinski definition) is 2. The van der Waals surface area contributed by atoms with Crippen molar-refractivity contribution in [2.45, 2.75) is 32.8 Å². The molecule has 120 valence electrons. The van der Waals surface area contributed by atoms with E-state index in [4.69, 9.17) is 4.74 Å². The van der Waals surface area contributed by atoms with Crippen LogP contribution in [-0.4, -0.2) is 23.6 Å². The van der Waals surface area contributed by atoms with Gasteiger partial charge in [-0.3, -0.25) is 4.79 Å². The van der Waals surface area contributed by atoms with E-state index < -0.39 is 0 Å². The summed E-state index contributed by atoms with van der Waals surface area (Å²) in [6, 6.07) is 9.88. The molecule has 0 spiro atoms. The Balaban J connectivity index is 1.66. The van der Waals surface area contributed by atoms with Crippen LogP contribution in [0.4, 0.5) is 17.2 Å². The normalized spacial score (nSPS) is 17.0. The van der Waals surface area contributed by atoms with Crippen molar-refractivity contribution >= 4 is 23.1 Å². The van der Waals surface area contributed by atoms with Gasteiger partial charge in [-0.05, 0) is 49.9 Å². The van der Waals surface area contributed by atoms with Crippen molar-refractivity contribution in [1.29, 1.82) is 0 Å². The molecule has 1 aromatic heterocycles. The molecular formula is C18H21N3O2. The molecule has 2 heterocycles. The highest BCUT2D eigenvalue weighted by Gasteiger charge is 2.23. The lowest BCUT2D eigenvalue weighted by molar-refractivity contribution is -0.124. The first-order chi connectivity index (χ1) is 11.1. The summed E-state index contributed by atoms with van der Waals surface area (Å²) in [6.07, 6.45) is 3.09. The Labute approximate surface area is 136 Å². The molecule has 1 aromatic carbocycles. The first-order valence-electron chi connectivity index (χ1n) is 7.85. The second kappa shape index (κ2) is 6.79. The van der Waals surface area contributed by atoms with Crippen molar-refractivity contribution in [2.75, 3.05) is 17.2 Å². The number of amides is 1. The van der Waals surface area contributed by atoms with Gasteiger partial charge in [0.1, 0.15) is 11.9 Å². The summed E-state index contributed by atoms with van der Waals surface area (Å²) in [4.78, 5) is 16.3. The number of carbonyl (C=O) groups excluding carboxylic acids is 1. The van der Waals surface area contributed by atoms with Crippen LogP contribution in [0.25, 0.3) is 0 Å². The summed E-state index contributed by atoms with van der Waals surface area (Å²) in [5, 5.41) is 6.17. The molecular weight excluding hydrogens is 290 g/mol. The smallest absolute Gasteiger partial charge is 0.254 e. The van der Waals surface area contributed by atoms with Gasteiger partial charge in [0.15, 0.2) is 0 Å². The van der Waals surface area contributed by atoms with Crippen LogP contribution in [0.3, 0.4) is 0 Å². The second-order valence-electron chi connectivity index (χ2n) is 5.81. The zero-order chi connectivity index (χ0) is 16.2. The molecule has 1 fully saturated rings. The van der Waals surface area contributed by atoms with Gasteiger partial charge in [-0.1, -0.05) is 18.2 Å². The van der Waals surface area contributed by atoms with Gasteiger partial charge < -0.3 is 15.4 Å². The molecule has 0 bridgehead atoms. The Morgan fingerprint density at radius 1 is 1.22 bits per heavy atom. The molecule has 2 aromatic rings. The number of anilines is 3. The third kappa shape index (κ3) is 3.68. The molecule has 0 saturated carbocycles. The first kappa shape index (κ1) is 15.5. The van der Waals surface area contributed by atoms with Crippen molar-refractivity contribution in [3.63, 3.8) is 0 Å². The average molecular weight is 311 g/mol. The fourth-order valence-electron chi connectivity index (χ4n) is 2.69. The molecule has 2 N–H and O–H groups in total. The quantitative estimate of drug-likeness (QED) is 0.906. The number of aryl methyl sites for hydroxylation is 2. The number of nitrogens with one attached hydrogen (secondary N) is 2. The zero-order valence-electron chi connectivity index (χ0n) is 13.4. The van der Waals surface area contributed by atoms with Gasteiger partial charge in [-0.15, -0.1) is 0 Å². The molecule has 0 aliphatic carbocycles. The minimum atomic E-state index is -0.343. The lowest BCUT2D eigenvalue weighted by atomic mass is 10.1. The zero-order valence-corrected chi connectivity index (χ0v) is 13.4. The Morgan fingerprint density at radius 3 is 2.61 bits per heavy atom. The number of ether oxygens (including phenoxy) is 1. The van der Waals surface area contributed by atoms with E-state index in [1.54, 1.807) is 12.3 Å². The largest absolute Gasteiger partial charge is 0.368 e. The minimum Gasteiger partial charge on any atom is -0.368 e. The van der Waals surface area contributed by atoms with Crippen molar-refractivity contribution in [1.82, 2.24) is 4.98 Å². The summed E-state index contributed by atoms with van der Waals surface area (Å²) >= 11 is 0. The third-order valence-electron chi connectivity index (χ3n) is 3.99. The predicted molar refractivity (Wildman–Crippen MR) is 91.0 cm³/mol. The molecule has 5 nitrogen and oxygen atoms in total. The minimum absolute atomic E-state index is 0.120. The molecule has 1 unspecified atom stereocenters. The maximum absolute atomic E-state index is 12.0. The van der Waals surface area contributed by atoms with Crippen LogP contribution >= 0.6 is 0 Å². The molecule has 1 atom stereocenters. The predicted octanol–water partition coefficient (Wildman–Crippen LogP) is 3.56. The van der Waals surface area contributed by atoms with E-state index in [1.165, 1.54) is 11.1 Å². The highest BCUT2D eigenvalue weighted by atomic mass is 16.5. The van der Waals surface area contributed by atoms with E-state index in [0.29, 0.717) is 12.4 Å². The van der Waals surface area contributed by atoms with Crippen LogP contribution in [0.15, 0.2) is 36.5 Å². The van der Waals surface area contributed by atoms with E-state index in [2.05, 4.69) is 41.6 Å². The van der Waals surface area contributed by atoms with Crippen LogP contribution in [0.1, 0.15) is 24.0 Å². The number of nitrogens with zero attached hydrogens (tertiary/aromatic N) is 1. The fourth-order valence-corrected chi connectivity index (χ4v) is 2.69. The highest BCUT2D eigenvalue weighted by molar-refractivity contribution is 5.93. The van der Waals surface area contributed by atoms with Crippen molar-refractivity contribution < 1.29 is 9.53 Å². The Bertz CT molecular complexity index is 672. The van der Waals surface area contributed by atoms with E-state index in [-0.39, 0.29) is 12.0 Å². The molecule has 3 rings (SSSR count). The SMILES string of the molecule is Cc1cccc(C)c1Nc1ccc(NC(=O)C2CCCO2)nc1. The van der Waals surface area contributed by atoms with Crippen LogP contribution in [0, 0.1) is 13.8 Å². The first-order valence-corrected chi connectivity index (χ1v) is 7.85. The van der Waals surface area contributed by atoms with Crippen LogP contribution in [0.5, 0.6) is 0 Å². The third-order valence-corrected chi connectivity index (χ3v) is 3.99. The average Bonchev–Trinajstić information content (AvgIpc) is 3.07. The maximum atomic E-state index is 12.0. The van der Waals surface area contributed by atoms with Gasteiger partial charge in [0.2, 0.25) is 0 Å².